The summed E-state index contributed by atoms with van der Waals surface area (Å²) in [6.07, 6.45) is 1.92. The second-order valence-corrected chi connectivity index (χ2v) is 13.5. The quantitative estimate of drug-likeness (QED) is 0.156. The van der Waals surface area contributed by atoms with Gasteiger partial charge in [-0.05, 0) is 66.3 Å². The molecule has 6 nitrogen and oxygen atoms in total. The van der Waals surface area contributed by atoms with E-state index in [1.54, 1.807) is 0 Å². The molecule has 0 saturated carbocycles. The van der Waals surface area contributed by atoms with Crippen molar-refractivity contribution >= 4 is 5.65 Å². The maximum Gasteiger partial charge on any atom is 2.00 e. The van der Waals surface area contributed by atoms with E-state index >= 15 is 0 Å². The molecule has 0 radical (unpaired) electrons. The van der Waals surface area contributed by atoms with Crippen LogP contribution < -0.4 is 4.74 Å². The minimum absolute atomic E-state index is 0. The molecule has 5 aromatic rings. The molecule has 4 heterocycles. The number of aromatic nitrogens is 5. The average Bonchev–Trinajstić information content (AvgIpc) is 3.47. The first-order valence-corrected chi connectivity index (χ1v) is 14.9. The molecule has 0 saturated heterocycles. The molecule has 0 aliphatic rings. The van der Waals surface area contributed by atoms with E-state index in [0.717, 1.165) is 39.8 Å². The van der Waals surface area contributed by atoms with E-state index < -0.39 is 5.41 Å². The van der Waals surface area contributed by atoms with Gasteiger partial charge in [-0.3, -0.25) is 14.6 Å². The van der Waals surface area contributed by atoms with Crippen LogP contribution in [0.25, 0.3) is 11.3 Å². The van der Waals surface area contributed by atoms with Crippen LogP contribution in [0.15, 0.2) is 48.7 Å². The Morgan fingerprint density at radius 1 is 0.860 bits per heavy atom. The predicted molar refractivity (Wildman–Crippen MR) is 169 cm³/mol. The average molecular weight is 757 g/mol. The van der Waals surface area contributed by atoms with Gasteiger partial charge in [0.25, 0.3) is 0 Å². The molecule has 0 aliphatic carbocycles. The number of imidazole rings is 1. The number of fused-ring (bicyclic) bond motifs is 1. The molecule has 0 N–H and O–H groups in total. The smallest absolute Gasteiger partial charge is 0.521 e. The molecule has 0 atom stereocenters. The first-order chi connectivity index (χ1) is 19.7. The van der Waals surface area contributed by atoms with Gasteiger partial charge in [0.2, 0.25) is 0 Å². The Hall–Kier alpha value is -3.24. The van der Waals surface area contributed by atoms with Crippen LogP contribution in [0.4, 0.5) is 0 Å². The van der Waals surface area contributed by atoms with E-state index in [1.807, 2.05) is 49.0 Å². The van der Waals surface area contributed by atoms with Crippen molar-refractivity contribution in [3.8, 4) is 17.2 Å². The second-order valence-electron chi connectivity index (χ2n) is 13.5. The molecular weight excluding hydrogens is 714 g/mol. The molecule has 0 fully saturated rings. The van der Waals surface area contributed by atoms with Gasteiger partial charge in [0.05, 0.1) is 22.7 Å². The summed E-state index contributed by atoms with van der Waals surface area (Å²) in [5.41, 5.74) is 8.69. The Morgan fingerprint density at radius 2 is 1.58 bits per heavy atom. The number of hydrogen-bond donors (Lipinski definition) is 0. The fourth-order valence-electron chi connectivity index (χ4n) is 5.57. The van der Waals surface area contributed by atoms with E-state index in [9.17, 15) is 0 Å². The van der Waals surface area contributed by atoms with Gasteiger partial charge in [-0.15, -0.1) is 24.3 Å². The number of pyridine rings is 2. The fourth-order valence-corrected chi connectivity index (χ4v) is 5.57. The molecule has 7 heteroatoms. The van der Waals surface area contributed by atoms with Gasteiger partial charge in [0.15, 0.2) is 0 Å². The van der Waals surface area contributed by atoms with Crippen molar-refractivity contribution in [1.82, 2.24) is 24.1 Å². The zero-order valence-electron chi connectivity index (χ0n) is 27.2. The molecule has 43 heavy (non-hydrogen) atoms. The number of nitrogens with zero attached hydrogens (tertiary/aromatic N) is 5. The van der Waals surface area contributed by atoms with Crippen LogP contribution in [-0.4, -0.2) is 24.1 Å². The number of aryl methyl sites for hydroxylation is 2. The molecule has 0 amide bonds. The summed E-state index contributed by atoms with van der Waals surface area (Å²) in [5, 5.41) is 4.62. The van der Waals surface area contributed by atoms with Crippen LogP contribution in [0.5, 0.6) is 11.5 Å². The fraction of sp³-hybridized carbons (Fsp3) is 0.417. The van der Waals surface area contributed by atoms with Crippen LogP contribution in [0.2, 0.25) is 0 Å². The SMILES string of the molecule is Cc1cc(C)n(-c2[c-]c(Oc3[c-]c(C(C)(C)c4cc(C(C)(C)C)ccn4)n4c(C(C)C)c(C(C)C)nc4c3)ccc2)n1.[Pt+2]. The van der Waals surface area contributed by atoms with Crippen LogP contribution in [0, 0.1) is 26.0 Å². The molecule has 5 rings (SSSR count). The zero-order valence-corrected chi connectivity index (χ0v) is 29.5. The van der Waals surface area contributed by atoms with E-state index in [2.05, 4.69) is 102 Å². The second kappa shape index (κ2) is 12.0. The van der Waals surface area contributed by atoms with Crippen molar-refractivity contribution < 1.29 is 25.8 Å². The number of benzene rings is 1. The van der Waals surface area contributed by atoms with Crippen LogP contribution in [-0.2, 0) is 31.9 Å². The topological polar surface area (TPSA) is 57.2 Å². The normalized spacial score (nSPS) is 12.3. The van der Waals surface area contributed by atoms with Gasteiger partial charge in [-0.1, -0.05) is 68.0 Å². The number of ether oxygens (including phenoxy) is 1. The third-order valence-corrected chi connectivity index (χ3v) is 7.86. The van der Waals surface area contributed by atoms with Crippen molar-refractivity contribution in [3.05, 3.63) is 101 Å². The molecular formula is C36H43N5OPt. The van der Waals surface area contributed by atoms with E-state index in [0.29, 0.717) is 11.5 Å². The summed E-state index contributed by atoms with van der Waals surface area (Å²) in [5.74, 6) is 1.73. The van der Waals surface area contributed by atoms with E-state index in [-0.39, 0.29) is 38.3 Å². The van der Waals surface area contributed by atoms with Crippen molar-refractivity contribution in [2.45, 2.75) is 98.8 Å². The summed E-state index contributed by atoms with van der Waals surface area (Å²) in [7, 11) is 0. The molecule has 228 valence electrons. The van der Waals surface area contributed by atoms with Crippen LogP contribution in [0.1, 0.15) is 114 Å². The number of rotatable bonds is 7. The monoisotopic (exact) mass is 756 g/mol. The van der Waals surface area contributed by atoms with Crippen LogP contribution in [0.3, 0.4) is 0 Å². The molecule has 1 aromatic carbocycles. The first-order valence-electron chi connectivity index (χ1n) is 14.9. The van der Waals surface area contributed by atoms with Gasteiger partial charge < -0.3 is 9.14 Å². The Labute approximate surface area is 271 Å². The third-order valence-electron chi connectivity index (χ3n) is 7.86. The summed E-state index contributed by atoms with van der Waals surface area (Å²) in [6, 6.07) is 21.3. The van der Waals surface area contributed by atoms with Gasteiger partial charge in [0.1, 0.15) is 0 Å². The Bertz CT molecular complexity index is 1750. The summed E-state index contributed by atoms with van der Waals surface area (Å²) in [6.45, 7) is 24.0. The van der Waals surface area contributed by atoms with Crippen molar-refractivity contribution in [3.63, 3.8) is 0 Å². The Kier molecular flexibility index (Phi) is 9.14. The zero-order chi connectivity index (χ0) is 30.6. The van der Waals surface area contributed by atoms with Crippen molar-refractivity contribution in [1.29, 1.82) is 0 Å². The van der Waals surface area contributed by atoms with Crippen molar-refractivity contribution in [2.75, 3.05) is 0 Å². The third kappa shape index (κ3) is 6.36. The number of hydrogen-bond acceptors (Lipinski definition) is 4. The maximum atomic E-state index is 6.49. The molecule has 0 spiro atoms. The molecule has 0 aliphatic heterocycles. The van der Waals surface area contributed by atoms with Gasteiger partial charge in [-0.2, -0.15) is 17.2 Å². The minimum atomic E-state index is -0.493. The van der Waals surface area contributed by atoms with E-state index in [4.69, 9.17) is 14.7 Å². The van der Waals surface area contributed by atoms with E-state index in [1.165, 1.54) is 11.3 Å². The summed E-state index contributed by atoms with van der Waals surface area (Å²) >= 11 is 0. The largest absolute Gasteiger partial charge is 2.00 e. The van der Waals surface area contributed by atoms with Gasteiger partial charge >= 0.3 is 21.1 Å². The molecule has 0 unspecified atom stereocenters. The summed E-state index contributed by atoms with van der Waals surface area (Å²) in [4.78, 5) is 10.0. The first kappa shape index (κ1) is 32.7. The van der Waals surface area contributed by atoms with Gasteiger partial charge in [-0.25, -0.2) is 0 Å². The molecule has 0 bridgehead atoms. The maximum absolute atomic E-state index is 6.49. The Balaban J connectivity index is 0.00000423. The van der Waals surface area contributed by atoms with Gasteiger partial charge in [0, 0.05) is 28.7 Å². The summed E-state index contributed by atoms with van der Waals surface area (Å²) < 4.78 is 10.7. The standard InChI is InChI=1S/C36H43N5O.Pt/c1-22(2)33-34(23(3)4)40-31(36(10,11)30-18-26(15-16-37-30)35(7,8)9)20-29(21-32(40)38-33)42-28-14-12-13-27(19-28)41-25(6)17-24(5)39-41;/h12-18,21-23H,1-11H3;/q-2;+2. The minimum Gasteiger partial charge on any atom is -0.521 e. The van der Waals surface area contributed by atoms with Crippen LogP contribution >= 0.6 is 0 Å². The Morgan fingerprint density at radius 3 is 2.19 bits per heavy atom. The predicted octanol–water partition coefficient (Wildman–Crippen LogP) is 8.79. The van der Waals surface area contributed by atoms with Crippen molar-refractivity contribution in [2.24, 2.45) is 0 Å². The molecule has 4 aromatic heterocycles.